The zero-order valence-corrected chi connectivity index (χ0v) is 17.5. The van der Waals surface area contributed by atoms with Crippen molar-refractivity contribution >= 4 is 17.6 Å². The molecule has 0 spiro atoms. The van der Waals surface area contributed by atoms with Gasteiger partial charge in [-0.3, -0.25) is 9.89 Å². The molecular formula is C20H33ClN4O2. The van der Waals surface area contributed by atoms with Gasteiger partial charge in [0.25, 0.3) is 0 Å². The Hall–Kier alpha value is -1.50. The molecule has 1 saturated heterocycles. The van der Waals surface area contributed by atoms with E-state index in [1.54, 1.807) is 7.11 Å². The number of morpholine rings is 1. The lowest BCUT2D eigenvalue weighted by Crippen LogP contribution is -2.40. The van der Waals surface area contributed by atoms with Gasteiger partial charge in [-0.25, -0.2) is 0 Å². The van der Waals surface area contributed by atoms with E-state index in [4.69, 9.17) is 26.1 Å². The first-order valence-electron chi connectivity index (χ1n) is 9.77. The molecule has 7 heteroatoms. The van der Waals surface area contributed by atoms with Crippen LogP contribution in [0.15, 0.2) is 23.2 Å². The lowest BCUT2D eigenvalue weighted by atomic mass is 10.1. The zero-order valence-electron chi connectivity index (χ0n) is 16.8. The maximum Gasteiger partial charge on any atom is 0.191 e. The fourth-order valence-electron chi connectivity index (χ4n) is 3.04. The first-order chi connectivity index (χ1) is 13.1. The summed E-state index contributed by atoms with van der Waals surface area (Å²) in [6, 6.07) is 5.80. The first-order valence-corrected chi connectivity index (χ1v) is 10.1. The molecule has 1 fully saturated rings. The van der Waals surface area contributed by atoms with Crippen LogP contribution < -0.4 is 15.4 Å². The molecule has 0 amide bonds. The highest BCUT2D eigenvalue weighted by Crippen LogP contribution is 2.22. The lowest BCUT2D eigenvalue weighted by Gasteiger charge is -2.28. The highest BCUT2D eigenvalue weighted by atomic mass is 35.5. The van der Waals surface area contributed by atoms with Crippen molar-refractivity contribution in [3.63, 3.8) is 0 Å². The number of ether oxygens (including phenoxy) is 2. The molecule has 1 aromatic carbocycles. The molecule has 2 rings (SSSR count). The van der Waals surface area contributed by atoms with Crippen LogP contribution >= 0.6 is 11.6 Å². The molecule has 1 aliphatic heterocycles. The Labute approximate surface area is 168 Å². The number of guanidine groups is 1. The van der Waals surface area contributed by atoms with E-state index in [-0.39, 0.29) is 0 Å². The van der Waals surface area contributed by atoms with Gasteiger partial charge in [-0.15, -0.1) is 0 Å². The Balaban J connectivity index is 1.78. The summed E-state index contributed by atoms with van der Waals surface area (Å²) in [4.78, 5) is 7.20. The highest BCUT2D eigenvalue weighted by Gasteiger charge is 2.13. The summed E-state index contributed by atoms with van der Waals surface area (Å²) < 4.78 is 10.6. The van der Waals surface area contributed by atoms with Crippen LogP contribution in [0.25, 0.3) is 0 Å². The Morgan fingerprint density at radius 3 is 2.78 bits per heavy atom. The molecule has 0 aliphatic carbocycles. The predicted molar refractivity (Wildman–Crippen MR) is 112 cm³/mol. The molecule has 1 atom stereocenters. The van der Waals surface area contributed by atoms with Crippen LogP contribution in [0.5, 0.6) is 5.75 Å². The number of nitrogens with zero attached hydrogens (tertiary/aromatic N) is 2. The van der Waals surface area contributed by atoms with E-state index in [1.165, 1.54) is 0 Å². The first kappa shape index (κ1) is 21.8. The third-order valence-corrected chi connectivity index (χ3v) is 4.88. The second-order valence-electron chi connectivity index (χ2n) is 6.87. The van der Waals surface area contributed by atoms with Crippen molar-refractivity contribution in [2.45, 2.75) is 20.3 Å². The minimum absolute atomic E-state index is 0.509. The van der Waals surface area contributed by atoms with Gasteiger partial charge in [0, 0.05) is 44.3 Å². The van der Waals surface area contributed by atoms with Crippen LogP contribution in [-0.2, 0) is 11.2 Å². The van der Waals surface area contributed by atoms with Crippen molar-refractivity contribution in [3.05, 3.63) is 28.8 Å². The second-order valence-corrected chi connectivity index (χ2v) is 7.28. The average Bonchev–Trinajstić information content (AvgIpc) is 2.68. The standard InChI is InChI=1S/C20H33ClN4O2/c1-4-22-20(24-14-16(2)15-25-9-11-27-12-10-25)23-8-7-17-5-6-18(26-3)13-19(17)21/h5-6,13,16H,4,7-12,14-15H2,1-3H3,(H2,22,23,24). The summed E-state index contributed by atoms with van der Waals surface area (Å²) in [7, 11) is 1.64. The van der Waals surface area contributed by atoms with Crippen LogP contribution in [0.1, 0.15) is 19.4 Å². The molecule has 0 bridgehead atoms. The average molecular weight is 397 g/mol. The van der Waals surface area contributed by atoms with E-state index >= 15 is 0 Å². The summed E-state index contributed by atoms with van der Waals surface area (Å²) in [6.45, 7) is 11.5. The second kappa shape index (κ2) is 12.1. The SMILES string of the molecule is CCNC(=NCC(C)CN1CCOCC1)NCCc1ccc(OC)cc1Cl. The van der Waals surface area contributed by atoms with Crippen LogP contribution in [0, 0.1) is 5.92 Å². The summed E-state index contributed by atoms with van der Waals surface area (Å²) in [5, 5.41) is 7.45. The number of aliphatic imine (C=N–C) groups is 1. The summed E-state index contributed by atoms with van der Waals surface area (Å²) >= 11 is 6.31. The molecule has 27 heavy (non-hydrogen) atoms. The van der Waals surface area contributed by atoms with Gasteiger partial charge >= 0.3 is 0 Å². The van der Waals surface area contributed by atoms with Crippen molar-refractivity contribution in [2.75, 3.05) is 59.6 Å². The largest absolute Gasteiger partial charge is 0.497 e. The quantitative estimate of drug-likeness (QED) is 0.496. The molecule has 0 saturated carbocycles. The fourth-order valence-corrected chi connectivity index (χ4v) is 3.31. The van der Waals surface area contributed by atoms with Crippen LogP contribution in [0.2, 0.25) is 5.02 Å². The molecule has 2 N–H and O–H groups in total. The number of halogens is 1. The van der Waals surface area contributed by atoms with Crippen molar-refractivity contribution in [1.29, 1.82) is 0 Å². The number of benzene rings is 1. The third-order valence-electron chi connectivity index (χ3n) is 4.53. The Bertz CT molecular complexity index is 591. The van der Waals surface area contributed by atoms with E-state index in [2.05, 4.69) is 29.4 Å². The van der Waals surface area contributed by atoms with E-state index < -0.39 is 0 Å². The highest BCUT2D eigenvalue weighted by molar-refractivity contribution is 6.31. The maximum absolute atomic E-state index is 6.31. The number of rotatable bonds is 9. The van der Waals surface area contributed by atoms with Crippen molar-refractivity contribution in [1.82, 2.24) is 15.5 Å². The monoisotopic (exact) mass is 396 g/mol. The molecule has 1 unspecified atom stereocenters. The topological polar surface area (TPSA) is 58.1 Å². The van der Waals surface area contributed by atoms with Gasteiger partial charge in [-0.05, 0) is 37.0 Å². The van der Waals surface area contributed by atoms with Crippen molar-refractivity contribution in [3.8, 4) is 5.75 Å². The van der Waals surface area contributed by atoms with Crippen molar-refractivity contribution < 1.29 is 9.47 Å². The number of hydrogen-bond acceptors (Lipinski definition) is 4. The Morgan fingerprint density at radius 1 is 1.33 bits per heavy atom. The van der Waals surface area contributed by atoms with Gasteiger partial charge in [0.2, 0.25) is 0 Å². The summed E-state index contributed by atoms with van der Waals surface area (Å²) in [6.07, 6.45) is 0.830. The molecule has 1 aromatic rings. The van der Waals surface area contributed by atoms with E-state index in [0.29, 0.717) is 5.92 Å². The van der Waals surface area contributed by atoms with Gasteiger partial charge in [0.15, 0.2) is 5.96 Å². The molecular weight excluding hydrogens is 364 g/mol. The third kappa shape index (κ3) is 7.95. The van der Waals surface area contributed by atoms with Gasteiger partial charge in [0.1, 0.15) is 5.75 Å². The van der Waals surface area contributed by atoms with Crippen LogP contribution in [0.3, 0.4) is 0 Å². The van der Waals surface area contributed by atoms with E-state index in [9.17, 15) is 0 Å². The van der Waals surface area contributed by atoms with Gasteiger partial charge in [0.05, 0.1) is 20.3 Å². The normalized spacial score (nSPS) is 16.8. The molecule has 0 radical (unpaired) electrons. The maximum atomic E-state index is 6.31. The van der Waals surface area contributed by atoms with Gasteiger partial charge in [-0.1, -0.05) is 24.6 Å². The summed E-state index contributed by atoms with van der Waals surface area (Å²) in [5.74, 6) is 2.14. The Morgan fingerprint density at radius 2 is 2.11 bits per heavy atom. The lowest BCUT2D eigenvalue weighted by molar-refractivity contribution is 0.0323. The summed E-state index contributed by atoms with van der Waals surface area (Å²) in [5.41, 5.74) is 1.10. The van der Waals surface area contributed by atoms with E-state index in [1.807, 2.05) is 18.2 Å². The fraction of sp³-hybridized carbons (Fsp3) is 0.650. The minimum atomic E-state index is 0.509. The smallest absolute Gasteiger partial charge is 0.191 e. The zero-order chi connectivity index (χ0) is 19.5. The molecule has 152 valence electrons. The molecule has 6 nitrogen and oxygen atoms in total. The minimum Gasteiger partial charge on any atom is -0.497 e. The Kier molecular flexibility index (Phi) is 9.73. The van der Waals surface area contributed by atoms with Gasteiger partial charge in [-0.2, -0.15) is 0 Å². The van der Waals surface area contributed by atoms with Crippen LogP contribution in [0.4, 0.5) is 0 Å². The van der Waals surface area contributed by atoms with Crippen molar-refractivity contribution in [2.24, 2.45) is 10.9 Å². The van der Waals surface area contributed by atoms with E-state index in [0.717, 1.165) is 81.2 Å². The number of hydrogen-bond donors (Lipinski definition) is 2. The predicted octanol–water partition coefficient (Wildman–Crippen LogP) is 2.41. The number of methoxy groups -OCH3 is 1. The molecule has 1 heterocycles. The van der Waals surface area contributed by atoms with Crippen LogP contribution in [-0.4, -0.2) is 70.5 Å². The molecule has 1 aliphatic rings. The number of nitrogens with one attached hydrogen (secondary N) is 2. The molecule has 0 aromatic heterocycles. The van der Waals surface area contributed by atoms with Gasteiger partial charge < -0.3 is 20.1 Å².